The van der Waals surface area contributed by atoms with E-state index in [1.54, 1.807) is 28.7 Å². The lowest BCUT2D eigenvalue weighted by Gasteiger charge is -2.22. The van der Waals surface area contributed by atoms with Gasteiger partial charge in [0, 0.05) is 22.4 Å². The normalized spacial score (nSPS) is 19.4. The first-order chi connectivity index (χ1) is 9.34. The molecule has 1 unspecified atom stereocenters. The summed E-state index contributed by atoms with van der Waals surface area (Å²) in [6.07, 6.45) is 5.80. The summed E-state index contributed by atoms with van der Waals surface area (Å²) >= 11 is 3.39. The van der Waals surface area contributed by atoms with Crippen LogP contribution >= 0.6 is 22.7 Å². The fraction of sp³-hybridized carbons (Fsp3) is 0.267. The summed E-state index contributed by atoms with van der Waals surface area (Å²) in [6.45, 7) is 0.871. The van der Waals surface area contributed by atoms with Gasteiger partial charge in [-0.25, -0.2) is 0 Å². The van der Waals surface area contributed by atoms with E-state index < -0.39 is 0 Å². The van der Waals surface area contributed by atoms with Crippen molar-refractivity contribution in [3.63, 3.8) is 0 Å². The molecule has 1 amide bonds. The van der Waals surface area contributed by atoms with E-state index in [1.807, 2.05) is 28.5 Å². The summed E-state index contributed by atoms with van der Waals surface area (Å²) in [5, 5.41) is 4.10. The summed E-state index contributed by atoms with van der Waals surface area (Å²) in [4.78, 5) is 16.7. The molecule has 2 aromatic rings. The van der Waals surface area contributed by atoms with Crippen LogP contribution in [0.25, 0.3) is 6.08 Å². The van der Waals surface area contributed by atoms with E-state index in [4.69, 9.17) is 0 Å². The summed E-state index contributed by atoms with van der Waals surface area (Å²) in [6, 6.07) is 8.49. The molecule has 3 heterocycles. The number of nitrogens with zero attached hydrogens (tertiary/aromatic N) is 1. The highest BCUT2D eigenvalue weighted by atomic mass is 32.1. The number of carbonyl (C=O) groups is 1. The molecule has 19 heavy (non-hydrogen) atoms. The lowest BCUT2D eigenvalue weighted by Crippen LogP contribution is -2.28. The topological polar surface area (TPSA) is 20.3 Å². The lowest BCUT2D eigenvalue weighted by molar-refractivity contribution is -0.126. The van der Waals surface area contributed by atoms with E-state index in [2.05, 4.69) is 17.5 Å². The van der Waals surface area contributed by atoms with Gasteiger partial charge in [0.1, 0.15) is 0 Å². The highest BCUT2D eigenvalue weighted by Crippen LogP contribution is 2.34. The number of thiophene rings is 2. The molecular weight excluding hydrogens is 274 g/mol. The molecule has 0 saturated carbocycles. The van der Waals surface area contributed by atoms with Crippen molar-refractivity contribution in [2.45, 2.75) is 18.9 Å². The van der Waals surface area contributed by atoms with Crippen molar-refractivity contribution in [1.29, 1.82) is 0 Å². The number of rotatable bonds is 3. The van der Waals surface area contributed by atoms with Gasteiger partial charge in [-0.15, -0.1) is 22.7 Å². The molecular formula is C15H15NOS2. The van der Waals surface area contributed by atoms with Crippen molar-refractivity contribution in [2.24, 2.45) is 0 Å². The van der Waals surface area contributed by atoms with Gasteiger partial charge < -0.3 is 4.90 Å². The molecule has 2 aromatic heterocycles. The van der Waals surface area contributed by atoms with Crippen molar-refractivity contribution in [2.75, 3.05) is 6.54 Å². The van der Waals surface area contributed by atoms with Crippen molar-refractivity contribution in [3.05, 3.63) is 50.9 Å². The van der Waals surface area contributed by atoms with Crippen LogP contribution in [0.4, 0.5) is 0 Å². The maximum atomic E-state index is 12.3. The van der Waals surface area contributed by atoms with Gasteiger partial charge in [0.05, 0.1) is 6.04 Å². The van der Waals surface area contributed by atoms with E-state index in [9.17, 15) is 4.79 Å². The maximum Gasteiger partial charge on any atom is 0.247 e. The zero-order valence-electron chi connectivity index (χ0n) is 10.5. The Morgan fingerprint density at radius 1 is 1.26 bits per heavy atom. The van der Waals surface area contributed by atoms with Crippen molar-refractivity contribution < 1.29 is 4.79 Å². The first-order valence-electron chi connectivity index (χ1n) is 6.40. The second-order valence-corrected chi connectivity index (χ2v) is 6.51. The molecule has 1 fully saturated rings. The van der Waals surface area contributed by atoms with E-state index in [1.165, 1.54) is 4.88 Å². The van der Waals surface area contributed by atoms with Gasteiger partial charge in [0.25, 0.3) is 0 Å². The molecule has 0 bridgehead atoms. The molecule has 0 spiro atoms. The van der Waals surface area contributed by atoms with E-state index >= 15 is 0 Å². The second kappa shape index (κ2) is 5.72. The second-order valence-electron chi connectivity index (χ2n) is 4.55. The largest absolute Gasteiger partial charge is 0.331 e. The fourth-order valence-corrected chi connectivity index (χ4v) is 3.93. The first-order valence-corrected chi connectivity index (χ1v) is 8.16. The van der Waals surface area contributed by atoms with E-state index in [-0.39, 0.29) is 11.9 Å². The summed E-state index contributed by atoms with van der Waals surface area (Å²) < 4.78 is 0. The molecule has 0 radical (unpaired) electrons. The molecule has 1 atom stereocenters. The molecule has 3 rings (SSSR count). The van der Waals surface area contributed by atoms with Crippen LogP contribution in [0.2, 0.25) is 0 Å². The third-order valence-electron chi connectivity index (χ3n) is 3.34. The molecule has 98 valence electrons. The molecule has 1 aliphatic heterocycles. The van der Waals surface area contributed by atoms with E-state index in [0.717, 1.165) is 24.3 Å². The Morgan fingerprint density at radius 2 is 2.11 bits per heavy atom. The fourth-order valence-electron chi connectivity index (χ4n) is 2.44. The van der Waals surface area contributed by atoms with Crippen LogP contribution in [-0.2, 0) is 4.79 Å². The third-order valence-corrected chi connectivity index (χ3v) is 5.15. The van der Waals surface area contributed by atoms with Gasteiger partial charge in [-0.3, -0.25) is 4.79 Å². The van der Waals surface area contributed by atoms with Gasteiger partial charge in [0.2, 0.25) is 5.91 Å². The van der Waals surface area contributed by atoms with Gasteiger partial charge in [0.15, 0.2) is 0 Å². The summed E-state index contributed by atoms with van der Waals surface area (Å²) in [7, 11) is 0. The van der Waals surface area contributed by atoms with Crippen LogP contribution in [0.15, 0.2) is 41.1 Å². The number of hydrogen-bond donors (Lipinski definition) is 0. The Bertz CT molecular complexity index is 557. The molecule has 1 aliphatic rings. The number of likely N-dealkylation sites (tertiary alicyclic amines) is 1. The molecule has 2 nitrogen and oxygen atoms in total. The number of hydrogen-bond acceptors (Lipinski definition) is 3. The molecule has 0 aliphatic carbocycles. The van der Waals surface area contributed by atoms with Crippen LogP contribution in [-0.4, -0.2) is 17.4 Å². The minimum Gasteiger partial charge on any atom is -0.331 e. The van der Waals surface area contributed by atoms with Crippen LogP contribution in [0.5, 0.6) is 0 Å². The van der Waals surface area contributed by atoms with Crippen molar-refractivity contribution >= 4 is 34.7 Å². The van der Waals surface area contributed by atoms with Gasteiger partial charge in [-0.1, -0.05) is 12.1 Å². The van der Waals surface area contributed by atoms with Crippen LogP contribution in [0.3, 0.4) is 0 Å². The Labute approximate surface area is 121 Å². The maximum absolute atomic E-state index is 12.3. The highest BCUT2D eigenvalue weighted by molar-refractivity contribution is 7.10. The SMILES string of the molecule is O=C(/C=C/c1cccs1)N1CCCC1c1cccs1. The van der Waals surface area contributed by atoms with Gasteiger partial charge >= 0.3 is 0 Å². The molecule has 0 N–H and O–H groups in total. The number of carbonyl (C=O) groups excluding carboxylic acids is 1. The third kappa shape index (κ3) is 2.80. The molecule has 0 aromatic carbocycles. The predicted octanol–water partition coefficient (Wildman–Crippen LogP) is 4.19. The monoisotopic (exact) mass is 289 g/mol. The Balaban J connectivity index is 1.72. The minimum absolute atomic E-state index is 0.129. The lowest BCUT2D eigenvalue weighted by atomic mass is 10.2. The average Bonchev–Trinajstić information content (AvgIpc) is 3.14. The minimum atomic E-state index is 0.129. The average molecular weight is 289 g/mol. The van der Waals surface area contributed by atoms with Gasteiger partial charge in [-0.2, -0.15) is 0 Å². The molecule has 4 heteroatoms. The van der Waals surface area contributed by atoms with Crippen LogP contribution < -0.4 is 0 Å². The van der Waals surface area contributed by atoms with E-state index in [0.29, 0.717) is 0 Å². The first kappa shape index (κ1) is 12.6. The smallest absolute Gasteiger partial charge is 0.247 e. The Hall–Kier alpha value is -1.39. The standard InChI is InChI=1S/C15H15NOS2/c17-15(8-7-12-4-2-10-18-12)16-9-1-5-13(16)14-6-3-11-19-14/h2-4,6-8,10-11,13H,1,5,9H2/b8-7+. The summed E-state index contributed by atoms with van der Waals surface area (Å²) in [5.41, 5.74) is 0. The van der Waals surface area contributed by atoms with Crippen LogP contribution in [0.1, 0.15) is 28.6 Å². The van der Waals surface area contributed by atoms with Crippen molar-refractivity contribution in [3.8, 4) is 0 Å². The highest BCUT2D eigenvalue weighted by Gasteiger charge is 2.29. The van der Waals surface area contributed by atoms with Crippen molar-refractivity contribution in [1.82, 2.24) is 4.90 Å². The van der Waals surface area contributed by atoms with Gasteiger partial charge in [-0.05, 0) is 41.8 Å². The Morgan fingerprint density at radius 3 is 2.84 bits per heavy atom. The predicted molar refractivity (Wildman–Crippen MR) is 81.4 cm³/mol. The zero-order chi connectivity index (χ0) is 13.1. The Kier molecular flexibility index (Phi) is 3.80. The summed E-state index contributed by atoms with van der Waals surface area (Å²) in [5.74, 6) is 0.129. The van der Waals surface area contributed by atoms with Crippen LogP contribution in [0, 0.1) is 0 Å². The zero-order valence-corrected chi connectivity index (χ0v) is 12.1. The quantitative estimate of drug-likeness (QED) is 0.776. The number of amides is 1. The molecule has 1 saturated heterocycles.